The second-order valence-electron chi connectivity index (χ2n) is 4.32. The molecule has 0 aromatic heterocycles. The molecule has 0 spiro atoms. The molecule has 2 aromatic rings. The number of carbonyl (C=O) groups is 2. The Morgan fingerprint density at radius 1 is 1.19 bits per heavy atom. The Balaban J connectivity index is 2.40. The number of benzene rings is 2. The molecule has 0 heterocycles. The van der Waals surface area contributed by atoms with Gasteiger partial charge in [-0.15, -0.1) is 0 Å². The Labute approximate surface area is 135 Å². The first-order valence-electron chi connectivity index (χ1n) is 5.97. The number of carboxylic acid groups (broad SMARTS) is 1. The van der Waals surface area contributed by atoms with Crippen LogP contribution >= 0.6 is 27.5 Å². The van der Waals surface area contributed by atoms with Crippen LogP contribution in [0.4, 0.5) is 5.69 Å². The number of anilines is 1. The second kappa shape index (κ2) is 6.28. The minimum absolute atomic E-state index is 0.0707. The molecule has 6 heteroatoms. The van der Waals surface area contributed by atoms with E-state index in [2.05, 4.69) is 15.9 Å². The van der Waals surface area contributed by atoms with Crippen molar-refractivity contribution in [2.24, 2.45) is 0 Å². The van der Waals surface area contributed by atoms with E-state index in [4.69, 9.17) is 11.6 Å². The highest BCUT2D eigenvalue weighted by molar-refractivity contribution is 9.10. The number of hydrogen-bond acceptors (Lipinski definition) is 2. The molecule has 2 aromatic carbocycles. The van der Waals surface area contributed by atoms with Crippen molar-refractivity contribution in [1.82, 2.24) is 0 Å². The van der Waals surface area contributed by atoms with Gasteiger partial charge in [0.15, 0.2) is 0 Å². The van der Waals surface area contributed by atoms with Crippen LogP contribution in [0.25, 0.3) is 0 Å². The molecule has 2 rings (SSSR count). The zero-order chi connectivity index (χ0) is 15.6. The topological polar surface area (TPSA) is 57.6 Å². The monoisotopic (exact) mass is 367 g/mol. The van der Waals surface area contributed by atoms with Gasteiger partial charge in [0, 0.05) is 17.1 Å². The molecule has 0 aliphatic rings. The lowest BCUT2D eigenvalue weighted by Gasteiger charge is -2.19. The zero-order valence-corrected chi connectivity index (χ0v) is 13.4. The molecular weight excluding hydrogens is 358 g/mol. The molecule has 0 unspecified atom stereocenters. The third kappa shape index (κ3) is 3.25. The normalized spacial score (nSPS) is 10.2. The summed E-state index contributed by atoms with van der Waals surface area (Å²) in [5, 5.41) is 9.68. The van der Waals surface area contributed by atoms with Gasteiger partial charge < -0.3 is 10.0 Å². The lowest BCUT2D eigenvalue weighted by Crippen LogP contribution is -2.27. The molecule has 0 fully saturated rings. The highest BCUT2D eigenvalue weighted by atomic mass is 79.9. The molecular formula is C15H11BrClNO3. The summed E-state index contributed by atoms with van der Waals surface area (Å²) in [6.07, 6.45) is 0. The molecule has 21 heavy (non-hydrogen) atoms. The number of rotatable bonds is 3. The van der Waals surface area contributed by atoms with E-state index in [1.165, 1.54) is 18.0 Å². The average Bonchev–Trinajstić information content (AvgIpc) is 2.48. The Bertz CT molecular complexity index is 718. The fourth-order valence-electron chi connectivity index (χ4n) is 1.88. The average molecular weight is 369 g/mol. The van der Waals surface area contributed by atoms with E-state index >= 15 is 0 Å². The number of halogens is 2. The SMILES string of the molecule is CN(C(=O)c1ccc(Cl)c(Br)c1)c1ccccc1C(=O)O. The Hall–Kier alpha value is -1.85. The first-order chi connectivity index (χ1) is 9.91. The van der Waals surface area contributed by atoms with Crippen LogP contribution in [-0.4, -0.2) is 24.0 Å². The number of carboxylic acids is 1. The van der Waals surface area contributed by atoms with E-state index < -0.39 is 5.97 Å². The van der Waals surface area contributed by atoms with Crippen molar-refractivity contribution in [1.29, 1.82) is 0 Å². The highest BCUT2D eigenvalue weighted by Crippen LogP contribution is 2.26. The lowest BCUT2D eigenvalue weighted by atomic mass is 10.1. The van der Waals surface area contributed by atoms with Gasteiger partial charge in [-0.05, 0) is 46.3 Å². The van der Waals surface area contributed by atoms with Crippen molar-refractivity contribution < 1.29 is 14.7 Å². The Morgan fingerprint density at radius 3 is 2.48 bits per heavy atom. The summed E-state index contributed by atoms with van der Waals surface area (Å²) >= 11 is 9.16. The molecule has 4 nitrogen and oxygen atoms in total. The van der Waals surface area contributed by atoms with Crippen LogP contribution in [0.1, 0.15) is 20.7 Å². The highest BCUT2D eigenvalue weighted by Gasteiger charge is 2.19. The number of aromatic carboxylic acids is 1. The van der Waals surface area contributed by atoms with E-state index in [0.29, 0.717) is 20.7 Å². The third-order valence-corrected chi connectivity index (χ3v) is 4.18. The minimum atomic E-state index is -1.08. The summed E-state index contributed by atoms with van der Waals surface area (Å²) < 4.78 is 0.606. The van der Waals surface area contributed by atoms with Crippen molar-refractivity contribution in [2.75, 3.05) is 11.9 Å². The van der Waals surface area contributed by atoms with Gasteiger partial charge in [-0.1, -0.05) is 23.7 Å². The number of carbonyl (C=O) groups excluding carboxylic acids is 1. The van der Waals surface area contributed by atoms with Gasteiger partial charge in [0.05, 0.1) is 16.3 Å². The minimum Gasteiger partial charge on any atom is -0.478 e. The molecule has 0 aliphatic carbocycles. The summed E-state index contributed by atoms with van der Waals surface area (Å²) in [5.41, 5.74) is 0.816. The van der Waals surface area contributed by atoms with Crippen LogP contribution in [0.2, 0.25) is 5.02 Å². The number of hydrogen-bond donors (Lipinski definition) is 1. The predicted octanol–water partition coefficient (Wildman–Crippen LogP) is 4.08. The van der Waals surface area contributed by atoms with E-state index in [1.54, 1.807) is 36.4 Å². The zero-order valence-electron chi connectivity index (χ0n) is 11.0. The van der Waals surface area contributed by atoms with Gasteiger partial charge in [-0.3, -0.25) is 4.79 Å². The molecule has 0 radical (unpaired) electrons. The van der Waals surface area contributed by atoms with Crippen LogP contribution in [0.3, 0.4) is 0 Å². The van der Waals surface area contributed by atoms with Gasteiger partial charge in [0.25, 0.3) is 5.91 Å². The maximum Gasteiger partial charge on any atom is 0.337 e. The first kappa shape index (κ1) is 15.5. The smallest absolute Gasteiger partial charge is 0.337 e. The first-order valence-corrected chi connectivity index (χ1v) is 7.14. The number of para-hydroxylation sites is 1. The Kier molecular flexibility index (Phi) is 4.65. The summed E-state index contributed by atoms with van der Waals surface area (Å²) in [6, 6.07) is 11.1. The van der Waals surface area contributed by atoms with Crippen LogP contribution in [0.15, 0.2) is 46.9 Å². The second-order valence-corrected chi connectivity index (χ2v) is 5.58. The Morgan fingerprint density at radius 2 is 1.86 bits per heavy atom. The van der Waals surface area contributed by atoms with Crippen LogP contribution in [0.5, 0.6) is 0 Å². The van der Waals surface area contributed by atoms with Gasteiger partial charge in [-0.25, -0.2) is 4.79 Å². The molecule has 108 valence electrons. The molecule has 0 aliphatic heterocycles. The van der Waals surface area contributed by atoms with E-state index in [9.17, 15) is 14.7 Å². The van der Waals surface area contributed by atoms with Gasteiger partial charge in [-0.2, -0.15) is 0 Å². The van der Waals surface area contributed by atoms with Crippen molar-refractivity contribution in [3.63, 3.8) is 0 Å². The fraction of sp³-hybridized carbons (Fsp3) is 0.0667. The molecule has 1 N–H and O–H groups in total. The van der Waals surface area contributed by atoms with E-state index in [0.717, 1.165) is 0 Å². The summed E-state index contributed by atoms with van der Waals surface area (Å²) in [7, 11) is 1.53. The largest absolute Gasteiger partial charge is 0.478 e. The maximum atomic E-state index is 12.5. The predicted molar refractivity (Wildman–Crippen MR) is 85.3 cm³/mol. The fourth-order valence-corrected chi connectivity index (χ4v) is 2.38. The summed E-state index contributed by atoms with van der Waals surface area (Å²) in [4.78, 5) is 25.0. The van der Waals surface area contributed by atoms with Crippen LogP contribution in [-0.2, 0) is 0 Å². The lowest BCUT2D eigenvalue weighted by molar-refractivity contribution is 0.0697. The van der Waals surface area contributed by atoms with Crippen LogP contribution in [0, 0.1) is 0 Å². The number of nitrogens with zero attached hydrogens (tertiary/aromatic N) is 1. The molecule has 1 amide bonds. The summed E-state index contributed by atoms with van der Waals surface area (Å²) in [5.74, 6) is -1.40. The number of amides is 1. The van der Waals surface area contributed by atoms with E-state index in [-0.39, 0.29) is 11.5 Å². The summed E-state index contributed by atoms with van der Waals surface area (Å²) in [6.45, 7) is 0. The van der Waals surface area contributed by atoms with Crippen molar-refractivity contribution >= 4 is 45.1 Å². The van der Waals surface area contributed by atoms with E-state index in [1.807, 2.05) is 0 Å². The maximum absolute atomic E-state index is 12.5. The van der Waals surface area contributed by atoms with Gasteiger partial charge in [0.2, 0.25) is 0 Å². The van der Waals surface area contributed by atoms with Crippen molar-refractivity contribution in [2.45, 2.75) is 0 Å². The van der Waals surface area contributed by atoms with Crippen LogP contribution < -0.4 is 4.90 Å². The molecule has 0 saturated carbocycles. The standard InChI is InChI=1S/C15H11BrClNO3/c1-18(13-5-3-2-4-10(13)15(20)21)14(19)9-6-7-12(17)11(16)8-9/h2-8H,1H3,(H,20,21). The molecule has 0 atom stereocenters. The molecule has 0 bridgehead atoms. The van der Waals surface area contributed by atoms with Gasteiger partial charge >= 0.3 is 5.97 Å². The van der Waals surface area contributed by atoms with Gasteiger partial charge in [0.1, 0.15) is 0 Å². The van der Waals surface area contributed by atoms with Crippen molar-refractivity contribution in [3.8, 4) is 0 Å². The molecule has 0 saturated heterocycles. The third-order valence-electron chi connectivity index (χ3n) is 2.97. The quantitative estimate of drug-likeness (QED) is 0.888. The van der Waals surface area contributed by atoms with Crippen molar-refractivity contribution in [3.05, 3.63) is 63.1 Å².